The molecule has 0 fully saturated rings. The highest BCUT2D eigenvalue weighted by atomic mass is 28.4. The van der Waals surface area contributed by atoms with Gasteiger partial charge >= 0.3 is 8.32 Å². The molecule has 37 heavy (non-hydrogen) atoms. The van der Waals surface area contributed by atoms with E-state index in [0.29, 0.717) is 16.9 Å². The molecule has 0 amide bonds. The molecule has 2 N–H and O–H groups in total. The second-order valence-corrected chi connectivity index (χ2v) is 14.3. The van der Waals surface area contributed by atoms with Gasteiger partial charge in [-0.1, -0.05) is 93.6 Å². The fraction of sp³-hybridized carbons (Fsp3) is 0.129. The fourth-order valence-electron chi connectivity index (χ4n) is 4.93. The summed E-state index contributed by atoms with van der Waals surface area (Å²) in [7, 11) is -2.94. The molecule has 0 radical (unpaired) electrons. The Labute approximate surface area is 216 Å². The van der Waals surface area contributed by atoms with Crippen LogP contribution in [0, 0.1) is 0 Å². The van der Waals surface area contributed by atoms with Crippen LogP contribution in [0.3, 0.4) is 0 Å². The van der Waals surface area contributed by atoms with Gasteiger partial charge in [0.05, 0.1) is 5.56 Å². The van der Waals surface area contributed by atoms with Crippen molar-refractivity contribution in [3.63, 3.8) is 0 Å². The maximum atomic E-state index is 13.3. The number of hydrogen-bond donors (Lipinski definition) is 2. The van der Waals surface area contributed by atoms with Crippen LogP contribution in [0.5, 0.6) is 17.2 Å². The van der Waals surface area contributed by atoms with Crippen molar-refractivity contribution in [3.8, 4) is 28.4 Å². The first kappa shape index (κ1) is 24.4. The molecule has 0 aliphatic rings. The van der Waals surface area contributed by atoms with Crippen molar-refractivity contribution in [3.05, 3.63) is 114 Å². The number of hydrogen-bond acceptors (Lipinski definition) is 5. The minimum absolute atomic E-state index is 0.0837. The summed E-state index contributed by atoms with van der Waals surface area (Å²) >= 11 is 0. The first-order valence-electron chi connectivity index (χ1n) is 12.1. The van der Waals surface area contributed by atoms with E-state index >= 15 is 0 Å². The van der Waals surface area contributed by atoms with Gasteiger partial charge in [0.2, 0.25) is 5.43 Å². The van der Waals surface area contributed by atoms with Crippen LogP contribution < -0.4 is 20.2 Å². The Kier molecular flexibility index (Phi) is 6.13. The molecule has 0 bridgehead atoms. The summed E-state index contributed by atoms with van der Waals surface area (Å²) in [5, 5.41) is 22.6. The molecule has 186 valence electrons. The van der Waals surface area contributed by atoms with Crippen molar-refractivity contribution >= 4 is 29.7 Å². The standard InChI is InChI=1S/C31H28O5Si/c1-31(2,3)37(24-10-6-4-7-11-24,25-12-8-5-9-13-25)36-23-18-27(33)29-28(19-23)35-20-26(30(29)34)21-14-16-22(32)17-15-21/h4-20,32-33H,1-3H3. The molecule has 5 nitrogen and oxygen atoms in total. The van der Waals surface area contributed by atoms with Gasteiger partial charge in [-0.05, 0) is 33.1 Å². The maximum absolute atomic E-state index is 13.3. The van der Waals surface area contributed by atoms with Crippen LogP contribution >= 0.6 is 0 Å². The van der Waals surface area contributed by atoms with Gasteiger partial charge in [-0.15, -0.1) is 0 Å². The second-order valence-electron chi connectivity index (χ2n) is 10.1. The third-order valence-corrected chi connectivity index (χ3v) is 11.6. The Bertz CT molecular complexity index is 1560. The second kappa shape index (κ2) is 9.30. The van der Waals surface area contributed by atoms with Gasteiger partial charge in [0.1, 0.15) is 34.5 Å². The smallest absolute Gasteiger partial charge is 0.319 e. The van der Waals surface area contributed by atoms with E-state index in [2.05, 4.69) is 45.0 Å². The largest absolute Gasteiger partial charge is 0.534 e. The highest BCUT2D eigenvalue weighted by molar-refractivity contribution is 7.00. The van der Waals surface area contributed by atoms with Crippen LogP contribution in [0.2, 0.25) is 5.04 Å². The SMILES string of the molecule is CC(C)(C)[Si](Oc1cc(O)c2c(=O)c(-c3ccc(O)cc3)coc2c1)(c1ccccc1)c1ccccc1. The molecule has 4 aromatic carbocycles. The molecule has 5 aromatic rings. The molecule has 0 spiro atoms. The van der Waals surface area contributed by atoms with E-state index in [4.69, 9.17) is 8.84 Å². The van der Waals surface area contributed by atoms with E-state index in [0.717, 1.165) is 10.4 Å². The Hall–Kier alpha value is -4.29. The maximum Gasteiger partial charge on any atom is 0.319 e. The Morgan fingerprint density at radius 1 is 0.784 bits per heavy atom. The lowest BCUT2D eigenvalue weighted by Gasteiger charge is -2.43. The monoisotopic (exact) mass is 508 g/mol. The number of benzene rings is 4. The van der Waals surface area contributed by atoms with Crippen molar-refractivity contribution in [1.82, 2.24) is 0 Å². The van der Waals surface area contributed by atoms with Crippen LogP contribution in [0.25, 0.3) is 22.1 Å². The predicted octanol–water partition coefficient (Wildman–Crippen LogP) is 5.81. The lowest BCUT2D eigenvalue weighted by atomic mass is 10.0. The van der Waals surface area contributed by atoms with E-state index in [1.165, 1.54) is 24.5 Å². The predicted molar refractivity (Wildman–Crippen MR) is 149 cm³/mol. The first-order chi connectivity index (χ1) is 17.7. The molecule has 0 unspecified atom stereocenters. The van der Waals surface area contributed by atoms with Crippen molar-refractivity contribution < 1.29 is 19.1 Å². The summed E-state index contributed by atoms with van der Waals surface area (Å²) in [6, 6.07) is 29.8. The van der Waals surface area contributed by atoms with E-state index in [9.17, 15) is 15.0 Å². The zero-order valence-corrected chi connectivity index (χ0v) is 21.9. The summed E-state index contributed by atoms with van der Waals surface area (Å²) in [6.45, 7) is 6.51. The highest BCUT2D eigenvalue weighted by Crippen LogP contribution is 2.39. The quantitative estimate of drug-likeness (QED) is 0.293. The Morgan fingerprint density at radius 2 is 1.35 bits per heavy atom. The molecular formula is C31H28O5Si. The molecule has 0 saturated heterocycles. The molecule has 5 rings (SSSR count). The van der Waals surface area contributed by atoms with Gasteiger partial charge in [-0.2, -0.15) is 0 Å². The zero-order chi connectivity index (χ0) is 26.2. The minimum Gasteiger partial charge on any atom is -0.534 e. The number of rotatable bonds is 5. The van der Waals surface area contributed by atoms with Crippen LogP contribution in [-0.2, 0) is 0 Å². The van der Waals surface area contributed by atoms with Crippen molar-refractivity contribution in [2.75, 3.05) is 0 Å². The molecular weight excluding hydrogens is 480 g/mol. The topological polar surface area (TPSA) is 79.9 Å². The Balaban J connectivity index is 1.68. The van der Waals surface area contributed by atoms with Crippen LogP contribution in [0.4, 0.5) is 0 Å². The van der Waals surface area contributed by atoms with Gasteiger partial charge in [-0.25, -0.2) is 0 Å². The number of aromatic hydroxyl groups is 2. The fourth-order valence-corrected chi connectivity index (χ4v) is 9.34. The third kappa shape index (κ3) is 4.30. The van der Waals surface area contributed by atoms with Gasteiger partial charge < -0.3 is 19.1 Å². The molecule has 1 aromatic heterocycles. The van der Waals surface area contributed by atoms with E-state index in [1.807, 2.05) is 36.4 Å². The van der Waals surface area contributed by atoms with Gasteiger partial charge in [0, 0.05) is 12.1 Å². The summed E-state index contributed by atoms with van der Waals surface area (Å²) in [4.78, 5) is 13.3. The lowest BCUT2D eigenvalue weighted by Crippen LogP contribution is -2.68. The number of fused-ring (bicyclic) bond motifs is 1. The zero-order valence-electron chi connectivity index (χ0n) is 20.9. The van der Waals surface area contributed by atoms with Gasteiger partial charge in [0.15, 0.2) is 0 Å². The summed E-state index contributed by atoms with van der Waals surface area (Å²) < 4.78 is 12.8. The molecule has 6 heteroatoms. The Morgan fingerprint density at radius 3 is 1.89 bits per heavy atom. The van der Waals surface area contributed by atoms with Crippen molar-refractivity contribution in [2.24, 2.45) is 0 Å². The van der Waals surface area contributed by atoms with E-state index in [1.54, 1.807) is 18.2 Å². The average Bonchev–Trinajstić information content (AvgIpc) is 2.88. The molecule has 0 atom stereocenters. The summed E-state index contributed by atoms with van der Waals surface area (Å²) in [6.07, 6.45) is 1.38. The molecule has 1 heterocycles. The van der Waals surface area contributed by atoms with E-state index in [-0.39, 0.29) is 32.9 Å². The number of phenolic OH excluding ortho intramolecular Hbond substituents is 2. The molecule has 0 aliphatic heterocycles. The van der Waals surface area contributed by atoms with Crippen molar-refractivity contribution in [1.29, 1.82) is 0 Å². The van der Waals surface area contributed by atoms with Crippen LogP contribution in [-0.4, -0.2) is 18.5 Å². The van der Waals surface area contributed by atoms with E-state index < -0.39 is 8.32 Å². The first-order valence-corrected chi connectivity index (χ1v) is 14.0. The normalized spacial score (nSPS) is 12.0. The molecule has 0 saturated carbocycles. The summed E-state index contributed by atoms with van der Waals surface area (Å²) in [5.74, 6) is 0.321. The average molecular weight is 509 g/mol. The molecule has 0 aliphatic carbocycles. The van der Waals surface area contributed by atoms with Gasteiger partial charge in [-0.3, -0.25) is 4.79 Å². The van der Waals surface area contributed by atoms with Gasteiger partial charge in [0.25, 0.3) is 0 Å². The summed E-state index contributed by atoms with van der Waals surface area (Å²) in [5.41, 5.74) is 0.755. The van der Waals surface area contributed by atoms with Crippen LogP contribution in [0.15, 0.2) is 113 Å². The number of phenols is 2. The highest BCUT2D eigenvalue weighted by Gasteiger charge is 2.52. The minimum atomic E-state index is -2.94. The van der Waals surface area contributed by atoms with Crippen molar-refractivity contribution in [2.45, 2.75) is 25.8 Å². The van der Waals surface area contributed by atoms with Crippen LogP contribution in [0.1, 0.15) is 20.8 Å². The third-order valence-electron chi connectivity index (χ3n) is 6.70. The lowest BCUT2D eigenvalue weighted by molar-refractivity contribution is 0.467.